The van der Waals surface area contributed by atoms with E-state index in [1.165, 1.54) is 11.1 Å². The SMILES string of the molecule is CC(=O)[C@@H]1CCC(C)=C(c2ccc(NC(=O)c3ccncc3C)cc2)C1. The largest absolute Gasteiger partial charge is 0.322 e. The van der Waals surface area contributed by atoms with Gasteiger partial charge in [0.25, 0.3) is 5.91 Å². The predicted molar refractivity (Wildman–Crippen MR) is 104 cm³/mol. The van der Waals surface area contributed by atoms with Gasteiger partial charge < -0.3 is 5.32 Å². The van der Waals surface area contributed by atoms with Gasteiger partial charge in [0.2, 0.25) is 0 Å². The number of benzene rings is 1. The number of amides is 1. The Bertz CT molecular complexity index is 866. The first-order valence-corrected chi connectivity index (χ1v) is 8.97. The van der Waals surface area contributed by atoms with E-state index in [-0.39, 0.29) is 17.6 Å². The van der Waals surface area contributed by atoms with Crippen LogP contribution in [0.25, 0.3) is 5.57 Å². The lowest BCUT2D eigenvalue weighted by Crippen LogP contribution is -2.16. The van der Waals surface area contributed by atoms with Crippen LogP contribution in [0.5, 0.6) is 0 Å². The molecule has 1 N–H and O–H groups in total. The molecule has 1 atom stereocenters. The first kappa shape index (κ1) is 18.1. The van der Waals surface area contributed by atoms with Crippen LogP contribution in [0.15, 0.2) is 48.3 Å². The third-order valence-electron chi connectivity index (χ3n) is 5.16. The second-order valence-electron chi connectivity index (χ2n) is 7.03. The van der Waals surface area contributed by atoms with Crippen LogP contribution in [0.1, 0.15) is 54.6 Å². The summed E-state index contributed by atoms with van der Waals surface area (Å²) in [5.41, 5.74) is 5.98. The number of pyridine rings is 1. The number of anilines is 1. The summed E-state index contributed by atoms with van der Waals surface area (Å²) in [5, 5.41) is 2.93. The van der Waals surface area contributed by atoms with Gasteiger partial charge in [-0.3, -0.25) is 14.6 Å². The third kappa shape index (κ3) is 3.90. The molecule has 0 spiro atoms. The Morgan fingerprint density at radius 3 is 2.50 bits per heavy atom. The monoisotopic (exact) mass is 348 g/mol. The molecule has 4 heteroatoms. The van der Waals surface area contributed by atoms with Crippen molar-refractivity contribution in [2.24, 2.45) is 5.92 Å². The minimum Gasteiger partial charge on any atom is -0.322 e. The molecule has 0 fully saturated rings. The van der Waals surface area contributed by atoms with Crippen LogP contribution < -0.4 is 5.32 Å². The van der Waals surface area contributed by atoms with Crippen molar-refractivity contribution in [1.82, 2.24) is 4.98 Å². The molecule has 1 aliphatic carbocycles. The molecule has 0 radical (unpaired) electrons. The summed E-state index contributed by atoms with van der Waals surface area (Å²) in [6.07, 6.45) is 6.03. The molecule has 0 saturated heterocycles. The van der Waals surface area contributed by atoms with E-state index in [2.05, 4.69) is 17.2 Å². The summed E-state index contributed by atoms with van der Waals surface area (Å²) >= 11 is 0. The number of nitrogens with one attached hydrogen (secondary N) is 1. The molecule has 0 unspecified atom stereocenters. The van der Waals surface area contributed by atoms with Crippen molar-refractivity contribution in [3.8, 4) is 0 Å². The Balaban J connectivity index is 1.75. The standard InChI is InChI=1S/C22H24N2O2/c1-14-4-5-18(16(3)25)12-21(14)17-6-8-19(9-7-17)24-22(26)20-10-11-23-13-15(20)2/h6-11,13,18H,4-5,12H2,1-3H3,(H,24,26)/t18-/m1/s1. The highest BCUT2D eigenvalue weighted by atomic mass is 16.1. The molecule has 0 saturated carbocycles. The first-order valence-electron chi connectivity index (χ1n) is 8.97. The van der Waals surface area contributed by atoms with Gasteiger partial charge in [-0.1, -0.05) is 17.7 Å². The molecule has 1 aromatic carbocycles. The normalized spacial score (nSPS) is 17.1. The van der Waals surface area contributed by atoms with Gasteiger partial charge in [0, 0.05) is 29.6 Å². The second kappa shape index (κ2) is 7.65. The van der Waals surface area contributed by atoms with Crippen LogP contribution >= 0.6 is 0 Å². The summed E-state index contributed by atoms with van der Waals surface area (Å²) in [6.45, 7) is 5.70. The number of hydrogen-bond acceptors (Lipinski definition) is 3. The van der Waals surface area contributed by atoms with Crippen LogP contribution in [0, 0.1) is 12.8 Å². The Kier molecular flexibility index (Phi) is 5.31. The van der Waals surface area contributed by atoms with Gasteiger partial charge in [0.15, 0.2) is 0 Å². The minimum atomic E-state index is -0.137. The molecule has 1 amide bonds. The zero-order valence-corrected chi connectivity index (χ0v) is 15.5. The van der Waals surface area contributed by atoms with Gasteiger partial charge >= 0.3 is 0 Å². The fourth-order valence-electron chi connectivity index (χ4n) is 3.46. The molecule has 1 heterocycles. The first-order chi connectivity index (χ1) is 12.5. The zero-order chi connectivity index (χ0) is 18.7. The predicted octanol–water partition coefficient (Wildman–Crippen LogP) is 4.80. The Labute approximate surface area is 154 Å². The summed E-state index contributed by atoms with van der Waals surface area (Å²) in [7, 11) is 0. The highest BCUT2D eigenvalue weighted by Gasteiger charge is 2.23. The topological polar surface area (TPSA) is 59.1 Å². The van der Waals surface area contributed by atoms with Gasteiger partial charge in [0.05, 0.1) is 0 Å². The molecule has 134 valence electrons. The summed E-state index contributed by atoms with van der Waals surface area (Å²) in [5.74, 6) is 0.261. The van der Waals surface area contributed by atoms with E-state index < -0.39 is 0 Å². The van der Waals surface area contributed by atoms with Gasteiger partial charge in [-0.05, 0) is 74.9 Å². The number of carbonyl (C=O) groups excluding carboxylic acids is 2. The maximum atomic E-state index is 12.4. The highest BCUT2D eigenvalue weighted by molar-refractivity contribution is 6.05. The molecule has 26 heavy (non-hydrogen) atoms. The fraction of sp³-hybridized carbons (Fsp3) is 0.318. The van der Waals surface area contributed by atoms with Crippen molar-refractivity contribution in [1.29, 1.82) is 0 Å². The number of hydrogen-bond donors (Lipinski definition) is 1. The molecule has 0 aliphatic heterocycles. The van der Waals surface area contributed by atoms with Crippen LogP contribution in [0.4, 0.5) is 5.69 Å². The number of aryl methyl sites for hydroxylation is 1. The van der Waals surface area contributed by atoms with Crippen molar-refractivity contribution in [2.45, 2.75) is 40.0 Å². The lowest BCUT2D eigenvalue weighted by Gasteiger charge is -2.24. The minimum absolute atomic E-state index is 0.128. The van der Waals surface area contributed by atoms with Crippen LogP contribution in [-0.2, 0) is 4.79 Å². The lowest BCUT2D eigenvalue weighted by atomic mass is 9.80. The maximum absolute atomic E-state index is 12.4. The fourth-order valence-corrected chi connectivity index (χ4v) is 3.46. The van der Waals surface area contributed by atoms with Crippen molar-refractivity contribution >= 4 is 23.0 Å². The van der Waals surface area contributed by atoms with E-state index in [0.29, 0.717) is 5.56 Å². The molecule has 2 aromatic rings. The molecule has 1 aliphatic rings. The average molecular weight is 348 g/mol. The molecule has 4 nitrogen and oxygen atoms in total. The molecule has 3 rings (SSSR count). The highest BCUT2D eigenvalue weighted by Crippen LogP contribution is 2.36. The number of ketones is 1. The molecular formula is C22H24N2O2. The number of nitrogens with zero attached hydrogens (tertiary/aromatic N) is 1. The van der Waals surface area contributed by atoms with Gasteiger partial charge in [-0.25, -0.2) is 0 Å². The van der Waals surface area contributed by atoms with Crippen LogP contribution in [0.2, 0.25) is 0 Å². The van der Waals surface area contributed by atoms with Gasteiger partial charge in [0.1, 0.15) is 5.78 Å². The molecular weight excluding hydrogens is 324 g/mol. The molecule has 0 bridgehead atoms. The second-order valence-corrected chi connectivity index (χ2v) is 7.03. The van der Waals surface area contributed by atoms with Gasteiger partial charge in [-0.2, -0.15) is 0 Å². The Morgan fingerprint density at radius 2 is 1.85 bits per heavy atom. The molecule has 1 aromatic heterocycles. The zero-order valence-electron chi connectivity index (χ0n) is 15.5. The van der Waals surface area contributed by atoms with Crippen molar-refractivity contribution in [2.75, 3.05) is 5.32 Å². The van der Waals surface area contributed by atoms with Crippen LogP contribution in [0.3, 0.4) is 0 Å². The van der Waals surface area contributed by atoms with Crippen molar-refractivity contribution < 1.29 is 9.59 Å². The van der Waals surface area contributed by atoms with E-state index in [4.69, 9.17) is 0 Å². The van der Waals surface area contributed by atoms with E-state index in [9.17, 15) is 9.59 Å². The maximum Gasteiger partial charge on any atom is 0.256 e. The van der Waals surface area contributed by atoms with E-state index in [1.54, 1.807) is 25.4 Å². The quantitative estimate of drug-likeness (QED) is 0.863. The van der Waals surface area contributed by atoms with E-state index >= 15 is 0 Å². The third-order valence-corrected chi connectivity index (χ3v) is 5.16. The van der Waals surface area contributed by atoms with E-state index in [0.717, 1.165) is 36.1 Å². The van der Waals surface area contributed by atoms with Crippen molar-refractivity contribution in [3.05, 3.63) is 65.0 Å². The number of Topliss-reactive ketones (excluding diaryl/α,β-unsaturated/α-hetero) is 1. The lowest BCUT2D eigenvalue weighted by molar-refractivity contribution is -0.120. The number of aromatic nitrogens is 1. The van der Waals surface area contributed by atoms with Crippen molar-refractivity contribution in [3.63, 3.8) is 0 Å². The summed E-state index contributed by atoms with van der Waals surface area (Å²) in [6, 6.07) is 9.60. The Hall–Kier alpha value is -2.75. The number of carbonyl (C=O) groups is 2. The van der Waals surface area contributed by atoms with Crippen LogP contribution in [-0.4, -0.2) is 16.7 Å². The smallest absolute Gasteiger partial charge is 0.256 e. The summed E-state index contributed by atoms with van der Waals surface area (Å²) < 4.78 is 0. The average Bonchev–Trinajstić information content (AvgIpc) is 2.63. The Morgan fingerprint density at radius 1 is 1.12 bits per heavy atom. The van der Waals surface area contributed by atoms with E-state index in [1.807, 2.05) is 31.2 Å². The number of rotatable bonds is 4. The summed E-state index contributed by atoms with van der Waals surface area (Å²) in [4.78, 5) is 28.2. The number of allylic oxidation sites excluding steroid dienone is 2. The van der Waals surface area contributed by atoms with Gasteiger partial charge in [-0.15, -0.1) is 0 Å².